The second kappa shape index (κ2) is 10.4. The van der Waals surface area contributed by atoms with Crippen LogP contribution >= 0.6 is 0 Å². The van der Waals surface area contributed by atoms with E-state index in [9.17, 15) is 1.37 Å². The van der Waals surface area contributed by atoms with Crippen LogP contribution in [0, 0.1) is 0 Å². The van der Waals surface area contributed by atoms with Crippen molar-refractivity contribution in [3.63, 3.8) is 0 Å². The summed E-state index contributed by atoms with van der Waals surface area (Å²) < 4.78 is 84.2. The van der Waals surface area contributed by atoms with Crippen molar-refractivity contribution in [3.8, 4) is 44.5 Å². The van der Waals surface area contributed by atoms with E-state index in [0.29, 0.717) is 16.3 Å². The Kier molecular flexibility index (Phi) is 4.15. The minimum Gasteiger partial charge on any atom is -0.456 e. The number of para-hydroxylation sites is 1. The molecule has 9 aromatic rings. The third kappa shape index (κ3) is 4.24. The second-order valence-electron chi connectivity index (χ2n) is 11.0. The fourth-order valence-corrected chi connectivity index (χ4v) is 6.41. The molecular formula is C44H28O. The first-order valence-corrected chi connectivity index (χ1v) is 14.7. The van der Waals surface area contributed by atoms with Gasteiger partial charge < -0.3 is 4.42 Å². The van der Waals surface area contributed by atoms with Crippen LogP contribution in [0.3, 0.4) is 0 Å². The molecule has 1 heteroatoms. The Morgan fingerprint density at radius 3 is 1.56 bits per heavy atom. The highest BCUT2D eigenvalue weighted by Crippen LogP contribution is 2.44. The molecule has 0 aliphatic carbocycles. The van der Waals surface area contributed by atoms with Crippen molar-refractivity contribution in [2.45, 2.75) is 0 Å². The lowest BCUT2D eigenvalue weighted by atomic mass is 9.85. The fourth-order valence-electron chi connectivity index (χ4n) is 6.41. The number of hydrogen-bond acceptors (Lipinski definition) is 1. The van der Waals surface area contributed by atoms with E-state index in [0.717, 1.165) is 55.0 Å². The predicted molar refractivity (Wildman–Crippen MR) is 190 cm³/mol. The molecule has 0 aliphatic heterocycles. The quantitative estimate of drug-likeness (QED) is 0.188. The minimum atomic E-state index is -0.602. The molecule has 45 heavy (non-hydrogen) atoms. The Balaban J connectivity index is 1.27. The Hall–Kier alpha value is -5.92. The zero-order valence-electron chi connectivity index (χ0n) is 32.9. The van der Waals surface area contributed by atoms with Crippen molar-refractivity contribution in [1.29, 1.82) is 0 Å². The van der Waals surface area contributed by atoms with Crippen LogP contribution in [0.1, 0.15) is 12.3 Å². The zero-order valence-corrected chi connectivity index (χ0v) is 23.9. The van der Waals surface area contributed by atoms with Gasteiger partial charge in [-0.3, -0.25) is 0 Å². The largest absolute Gasteiger partial charge is 0.456 e. The van der Waals surface area contributed by atoms with Gasteiger partial charge in [-0.1, -0.05) is 145 Å². The summed E-state index contributed by atoms with van der Waals surface area (Å²) in [5, 5.41) is 5.21. The SMILES string of the molecule is [2H]c1c([2H])c([2H])c(-c2c([2H])c([2H])c([2H])c(-c3c4ccccc4c(-c4ccc(-c5ccc6oc7ccccc7c6c5)cc4)c4ccccc34)c2[2H])c([2H])c1[2H]. The summed E-state index contributed by atoms with van der Waals surface area (Å²) in [6.07, 6.45) is 0. The first kappa shape index (κ1) is 18.0. The molecule has 0 aliphatic rings. The van der Waals surface area contributed by atoms with E-state index in [1.807, 2.05) is 72.8 Å². The van der Waals surface area contributed by atoms with Crippen LogP contribution in [0.15, 0.2) is 174 Å². The van der Waals surface area contributed by atoms with Gasteiger partial charge in [-0.15, -0.1) is 0 Å². The lowest BCUT2D eigenvalue weighted by Gasteiger charge is -2.18. The van der Waals surface area contributed by atoms with Gasteiger partial charge in [0, 0.05) is 10.8 Å². The lowest BCUT2D eigenvalue weighted by Crippen LogP contribution is -1.91. The number of rotatable bonds is 4. The molecule has 0 saturated heterocycles. The Labute approximate surface area is 274 Å². The summed E-state index contributed by atoms with van der Waals surface area (Å²) in [6.45, 7) is 0. The average molecular weight is 582 g/mol. The van der Waals surface area contributed by atoms with Crippen LogP contribution < -0.4 is 0 Å². The van der Waals surface area contributed by atoms with Crippen LogP contribution in [0.25, 0.3) is 88.0 Å². The number of benzene rings is 8. The molecule has 1 aromatic heterocycles. The molecule has 0 radical (unpaired) electrons. The first-order valence-electron chi connectivity index (χ1n) is 19.2. The summed E-state index contributed by atoms with van der Waals surface area (Å²) in [5.74, 6) is 0. The van der Waals surface area contributed by atoms with Gasteiger partial charge in [0.2, 0.25) is 0 Å². The molecule has 0 amide bonds. The maximum Gasteiger partial charge on any atom is 0.135 e. The minimum absolute atomic E-state index is 0.0503. The van der Waals surface area contributed by atoms with E-state index in [1.54, 1.807) is 0 Å². The zero-order chi connectivity index (χ0) is 37.6. The van der Waals surface area contributed by atoms with Crippen LogP contribution in [0.5, 0.6) is 0 Å². The molecule has 0 spiro atoms. The average Bonchev–Trinajstić information content (AvgIpc) is 3.58. The summed E-state index contributed by atoms with van der Waals surface area (Å²) >= 11 is 0. The molecule has 0 fully saturated rings. The van der Waals surface area contributed by atoms with Crippen molar-refractivity contribution < 1.29 is 16.8 Å². The third-order valence-corrected chi connectivity index (χ3v) is 8.44. The smallest absolute Gasteiger partial charge is 0.135 e. The van der Waals surface area contributed by atoms with Gasteiger partial charge in [0.1, 0.15) is 11.2 Å². The topological polar surface area (TPSA) is 13.1 Å². The van der Waals surface area contributed by atoms with E-state index in [-0.39, 0.29) is 28.8 Å². The number of fused-ring (bicyclic) bond motifs is 5. The molecule has 8 aromatic carbocycles. The van der Waals surface area contributed by atoms with Gasteiger partial charge >= 0.3 is 0 Å². The molecule has 0 bridgehead atoms. The molecule has 0 N–H and O–H groups in total. The molecule has 9 rings (SSSR count). The van der Waals surface area contributed by atoms with E-state index in [4.69, 9.17) is 15.4 Å². The maximum atomic E-state index is 9.48. The second-order valence-corrected chi connectivity index (χ2v) is 11.0. The van der Waals surface area contributed by atoms with E-state index in [1.165, 1.54) is 0 Å². The van der Waals surface area contributed by atoms with Crippen LogP contribution in [0.4, 0.5) is 0 Å². The molecule has 0 saturated carbocycles. The molecule has 1 heterocycles. The van der Waals surface area contributed by atoms with Gasteiger partial charge in [-0.05, 0) is 90.3 Å². The van der Waals surface area contributed by atoms with E-state index in [2.05, 4.69) is 42.5 Å². The third-order valence-electron chi connectivity index (χ3n) is 8.44. The van der Waals surface area contributed by atoms with Gasteiger partial charge in [-0.25, -0.2) is 0 Å². The molecular weight excluding hydrogens is 544 g/mol. The molecule has 0 atom stereocenters. The van der Waals surface area contributed by atoms with Crippen molar-refractivity contribution >= 4 is 43.5 Å². The van der Waals surface area contributed by atoms with Crippen LogP contribution in [-0.4, -0.2) is 0 Å². The van der Waals surface area contributed by atoms with Crippen LogP contribution in [-0.2, 0) is 0 Å². The van der Waals surface area contributed by atoms with Crippen molar-refractivity contribution in [2.75, 3.05) is 0 Å². The predicted octanol–water partition coefficient (Wildman–Crippen LogP) is 12.6. The Bertz CT molecular complexity index is 2950. The van der Waals surface area contributed by atoms with Crippen molar-refractivity contribution in [3.05, 3.63) is 170 Å². The lowest BCUT2D eigenvalue weighted by molar-refractivity contribution is 0.669. The fraction of sp³-hybridized carbons (Fsp3) is 0. The normalized spacial score (nSPS) is 14.4. The number of furan rings is 1. The summed E-state index contributed by atoms with van der Waals surface area (Å²) in [4.78, 5) is 0. The van der Waals surface area contributed by atoms with Crippen molar-refractivity contribution in [1.82, 2.24) is 0 Å². The standard InChI is InChI=1S/C44H28O/c1-2-11-29(12-3-1)32-13-10-14-34(27-32)44-38-18-6-4-16-36(38)43(37-17-5-7-19-39(37)44)31-23-21-30(22-24-31)33-25-26-42-40(28-33)35-15-8-9-20-41(35)45-42/h1-28H/i1D,2D,3D,10D,11D,12D,13D,14D,27D. The molecule has 210 valence electrons. The summed E-state index contributed by atoms with van der Waals surface area (Å²) in [6, 6.07) is 33.2. The molecule has 1 nitrogen and oxygen atoms in total. The van der Waals surface area contributed by atoms with Crippen molar-refractivity contribution in [2.24, 2.45) is 0 Å². The Morgan fingerprint density at radius 1 is 0.356 bits per heavy atom. The van der Waals surface area contributed by atoms with Gasteiger partial charge in [0.15, 0.2) is 0 Å². The maximum absolute atomic E-state index is 9.48. The van der Waals surface area contributed by atoms with Gasteiger partial charge in [-0.2, -0.15) is 0 Å². The Morgan fingerprint density at radius 2 is 0.867 bits per heavy atom. The first-order chi connectivity index (χ1) is 26.1. The van der Waals surface area contributed by atoms with E-state index < -0.39 is 42.3 Å². The van der Waals surface area contributed by atoms with Gasteiger partial charge in [0.05, 0.1) is 12.3 Å². The summed E-state index contributed by atoms with van der Waals surface area (Å²) in [5.41, 5.74) is 5.59. The molecule has 0 unspecified atom stereocenters. The van der Waals surface area contributed by atoms with E-state index >= 15 is 0 Å². The van der Waals surface area contributed by atoms with Crippen LogP contribution in [0.2, 0.25) is 0 Å². The highest BCUT2D eigenvalue weighted by Gasteiger charge is 2.17. The highest BCUT2D eigenvalue weighted by molar-refractivity contribution is 6.21. The summed E-state index contributed by atoms with van der Waals surface area (Å²) in [7, 11) is 0. The van der Waals surface area contributed by atoms with Gasteiger partial charge in [0.25, 0.3) is 0 Å². The number of hydrogen-bond donors (Lipinski definition) is 0. The monoisotopic (exact) mass is 581 g/mol. The highest BCUT2D eigenvalue weighted by atomic mass is 16.3.